The number of thioether (sulfide) groups is 1. The number of halogens is 2. The van der Waals surface area contributed by atoms with Crippen LogP contribution >= 0.6 is 23.4 Å². The number of hydrogen-bond acceptors (Lipinski definition) is 5. The fraction of sp³-hybridized carbons (Fsp3) is 0.263. The van der Waals surface area contributed by atoms with Crippen molar-refractivity contribution in [2.45, 2.75) is 25.5 Å². The lowest BCUT2D eigenvalue weighted by atomic mass is 10.2. The minimum atomic E-state index is -0.576. The van der Waals surface area contributed by atoms with Gasteiger partial charge in [0.2, 0.25) is 5.91 Å². The number of aromatic nitrogens is 4. The first-order chi connectivity index (χ1) is 13.4. The van der Waals surface area contributed by atoms with Gasteiger partial charge in [-0.05, 0) is 36.2 Å². The van der Waals surface area contributed by atoms with E-state index >= 15 is 0 Å². The molecule has 0 radical (unpaired) electrons. The molecule has 146 valence electrons. The molecule has 0 saturated heterocycles. The average molecular weight is 420 g/mol. The quantitative estimate of drug-likeness (QED) is 0.570. The molecule has 3 aromatic rings. The van der Waals surface area contributed by atoms with Crippen molar-refractivity contribution >= 4 is 35.0 Å². The lowest BCUT2D eigenvalue weighted by Gasteiger charge is -2.12. The number of rotatable bonds is 7. The number of nitrogens with zero attached hydrogens (tertiary/aromatic N) is 4. The third kappa shape index (κ3) is 5.08. The molecule has 0 atom stereocenters. The van der Waals surface area contributed by atoms with E-state index in [9.17, 15) is 9.18 Å². The second-order valence-electron chi connectivity index (χ2n) is 6.51. The summed E-state index contributed by atoms with van der Waals surface area (Å²) in [5, 5.41) is 11.9. The van der Waals surface area contributed by atoms with Crippen LogP contribution in [0.5, 0.6) is 0 Å². The molecule has 0 aliphatic carbocycles. The minimum Gasteiger partial charge on any atom is -0.323 e. The SMILES string of the molecule is CC(C)Cn1c(SCC(=O)Nc2ccc(Cl)cc2F)nnc1-c1cccnc1. The highest BCUT2D eigenvalue weighted by atomic mass is 35.5. The van der Waals surface area contributed by atoms with Gasteiger partial charge in [0.1, 0.15) is 5.82 Å². The highest BCUT2D eigenvalue weighted by Crippen LogP contribution is 2.25. The number of anilines is 1. The molecule has 0 unspecified atom stereocenters. The van der Waals surface area contributed by atoms with E-state index in [0.717, 1.165) is 11.6 Å². The summed E-state index contributed by atoms with van der Waals surface area (Å²) in [4.78, 5) is 16.4. The lowest BCUT2D eigenvalue weighted by molar-refractivity contribution is -0.113. The van der Waals surface area contributed by atoms with E-state index in [-0.39, 0.29) is 22.4 Å². The zero-order valence-electron chi connectivity index (χ0n) is 15.4. The number of hydrogen-bond donors (Lipinski definition) is 1. The number of benzene rings is 1. The van der Waals surface area contributed by atoms with Gasteiger partial charge in [-0.1, -0.05) is 37.2 Å². The predicted molar refractivity (Wildman–Crippen MR) is 109 cm³/mol. The second kappa shape index (κ2) is 9.16. The number of amides is 1. The Bertz CT molecular complexity index is 964. The van der Waals surface area contributed by atoms with Crippen molar-refractivity contribution < 1.29 is 9.18 Å². The first kappa shape index (κ1) is 20.3. The normalized spacial score (nSPS) is 11.0. The summed E-state index contributed by atoms with van der Waals surface area (Å²) in [6.45, 7) is 4.89. The van der Waals surface area contributed by atoms with Crippen LogP contribution in [0.1, 0.15) is 13.8 Å². The van der Waals surface area contributed by atoms with E-state index in [1.165, 1.54) is 23.9 Å². The van der Waals surface area contributed by atoms with Crippen LogP contribution in [0.2, 0.25) is 5.02 Å². The molecule has 9 heteroatoms. The Morgan fingerprint density at radius 2 is 2.14 bits per heavy atom. The van der Waals surface area contributed by atoms with Gasteiger partial charge >= 0.3 is 0 Å². The van der Waals surface area contributed by atoms with Crippen LogP contribution in [-0.4, -0.2) is 31.4 Å². The predicted octanol–water partition coefficient (Wildman–Crippen LogP) is 4.52. The summed E-state index contributed by atoms with van der Waals surface area (Å²) in [6, 6.07) is 7.86. The molecule has 1 N–H and O–H groups in total. The first-order valence-electron chi connectivity index (χ1n) is 8.65. The molecule has 0 aliphatic heterocycles. The summed E-state index contributed by atoms with van der Waals surface area (Å²) in [7, 11) is 0. The van der Waals surface area contributed by atoms with Crippen LogP contribution in [-0.2, 0) is 11.3 Å². The van der Waals surface area contributed by atoms with Crippen molar-refractivity contribution in [1.29, 1.82) is 0 Å². The van der Waals surface area contributed by atoms with Crippen LogP contribution in [0.25, 0.3) is 11.4 Å². The molecule has 0 fully saturated rings. The molecular formula is C19H19ClFN5OS. The van der Waals surface area contributed by atoms with Gasteiger partial charge in [0.05, 0.1) is 11.4 Å². The van der Waals surface area contributed by atoms with Crippen LogP contribution in [0, 0.1) is 11.7 Å². The van der Waals surface area contributed by atoms with Gasteiger partial charge < -0.3 is 9.88 Å². The van der Waals surface area contributed by atoms with Crippen molar-refractivity contribution in [2.24, 2.45) is 5.92 Å². The van der Waals surface area contributed by atoms with Crippen molar-refractivity contribution in [2.75, 3.05) is 11.1 Å². The van der Waals surface area contributed by atoms with Gasteiger partial charge in [0.25, 0.3) is 0 Å². The number of nitrogens with one attached hydrogen (secondary N) is 1. The van der Waals surface area contributed by atoms with Crippen LogP contribution in [0.15, 0.2) is 47.9 Å². The smallest absolute Gasteiger partial charge is 0.234 e. The van der Waals surface area contributed by atoms with Gasteiger partial charge in [-0.15, -0.1) is 10.2 Å². The van der Waals surface area contributed by atoms with E-state index in [1.807, 2.05) is 16.7 Å². The summed E-state index contributed by atoms with van der Waals surface area (Å²) >= 11 is 6.98. The van der Waals surface area contributed by atoms with Crippen molar-refractivity contribution in [3.63, 3.8) is 0 Å². The molecule has 0 saturated carbocycles. The Morgan fingerprint density at radius 1 is 1.32 bits per heavy atom. The molecule has 2 aromatic heterocycles. The highest BCUT2D eigenvalue weighted by Gasteiger charge is 2.17. The van der Waals surface area contributed by atoms with E-state index in [1.54, 1.807) is 12.4 Å². The van der Waals surface area contributed by atoms with E-state index in [4.69, 9.17) is 11.6 Å². The first-order valence-corrected chi connectivity index (χ1v) is 10.0. The number of pyridine rings is 1. The van der Waals surface area contributed by atoms with Crippen LogP contribution in [0.3, 0.4) is 0 Å². The molecule has 3 rings (SSSR count). The molecular weight excluding hydrogens is 401 g/mol. The molecule has 0 bridgehead atoms. The molecule has 1 amide bonds. The lowest BCUT2D eigenvalue weighted by Crippen LogP contribution is -2.16. The average Bonchev–Trinajstić information content (AvgIpc) is 3.05. The zero-order valence-corrected chi connectivity index (χ0v) is 17.0. The Balaban J connectivity index is 1.73. The van der Waals surface area contributed by atoms with Gasteiger partial charge in [-0.3, -0.25) is 9.78 Å². The molecule has 1 aromatic carbocycles. The van der Waals surface area contributed by atoms with E-state index in [2.05, 4.69) is 34.3 Å². The van der Waals surface area contributed by atoms with Gasteiger partial charge in [-0.25, -0.2) is 4.39 Å². The third-order valence-corrected chi connectivity index (χ3v) is 4.92. The maximum absolute atomic E-state index is 13.8. The maximum Gasteiger partial charge on any atom is 0.234 e. The third-order valence-electron chi connectivity index (χ3n) is 3.72. The van der Waals surface area contributed by atoms with Crippen LogP contribution < -0.4 is 5.32 Å². The largest absolute Gasteiger partial charge is 0.323 e. The fourth-order valence-corrected chi connectivity index (χ4v) is 3.45. The standard InChI is InChI=1S/C19H19ClFN5OS/c1-12(2)10-26-18(13-4-3-7-22-9-13)24-25-19(26)28-11-17(27)23-16-6-5-14(20)8-15(16)21/h3-9,12H,10-11H2,1-2H3,(H,23,27). The topological polar surface area (TPSA) is 72.7 Å². The highest BCUT2D eigenvalue weighted by molar-refractivity contribution is 7.99. The van der Waals surface area contributed by atoms with Crippen molar-refractivity contribution in [3.8, 4) is 11.4 Å². The monoisotopic (exact) mass is 419 g/mol. The van der Waals surface area contributed by atoms with Gasteiger partial charge in [-0.2, -0.15) is 0 Å². The van der Waals surface area contributed by atoms with Crippen molar-refractivity contribution in [3.05, 3.63) is 53.6 Å². The molecule has 28 heavy (non-hydrogen) atoms. The number of carbonyl (C=O) groups excluding carboxylic acids is 1. The van der Waals surface area contributed by atoms with E-state index in [0.29, 0.717) is 23.4 Å². The Hall–Kier alpha value is -2.45. The summed E-state index contributed by atoms with van der Waals surface area (Å²) in [5.74, 6) is 0.225. The minimum absolute atomic E-state index is 0.0747. The Labute approximate surface area is 171 Å². The second-order valence-corrected chi connectivity index (χ2v) is 7.89. The molecule has 0 spiro atoms. The molecule has 0 aliphatic rings. The maximum atomic E-state index is 13.8. The van der Waals surface area contributed by atoms with Gasteiger partial charge in [0.15, 0.2) is 11.0 Å². The fourth-order valence-electron chi connectivity index (χ4n) is 2.54. The summed E-state index contributed by atoms with van der Waals surface area (Å²) in [6.07, 6.45) is 3.42. The Kier molecular flexibility index (Phi) is 6.64. The summed E-state index contributed by atoms with van der Waals surface area (Å²) < 4.78 is 15.8. The van der Waals surface area contributed by atoms with Gasteiger partial charge in [0, 0.05) is 29.5 Å². The Morgan fingerprint density at radius 3 is 2.82 bits per heavy atom. The summed E-state index contributed by atoms with van der Waals surface area (Å²) in [5.41, 5.74) is 0.949. The molecule has 6 nitrogen and oxygen atoms in total. The molecule has 2 heterocycles. The number of carbonyl (C=O) groups is 1. The zero-order chi connectivity index (χ0) is 20.1. The van der Waals surface area contributed by atoms with E-state index < -0.39 is 5.82 Å². The van der Waals surface area contributed by atoms with Crippen LogP contribution in [0.4, 0.5) is 10.1 Å². The van der Waals surface area contributed by atoms with Crippen molar-refractivity contribution in [1.82, 2.24) is 19.7 Å².